The molecule has 1 rings (SSSR count). The molecule has 1 aromatic rings. The number of hydrogen-bond acceptors (Lipinski definition) is 5. The van der Waals surface area contributed by atoms with E-state index in [-0.39, 0.29) is 25.1 Å². The van der Waals surface area contributed by atoms with Crippen molar-refractivity contribution in [2.75, 3.05) is 6.54 Å². The van der Waals surface area contributed by atoms with Gasteiger partial charge in [-0.15, -0.1) is 0 Å². The van der Waals surface area contributed by atoms with E-state index in [9.17, 15) is 9.59 Å². The van der Waals surface area contributed by atoms with Gasteiger partial charge in [0.2, 0.25) is 11.8 Å². The van der Waals surface area contributed by atoms with Gasteiger partial charge in [-0.25, -0.2) is 9.78 Å². The smallest absolute Gasteiger partial charge is 0.408 e. The molecule has 2 N–H and O–H groups in total. The predicted octanol–water partition coefficient (Wildman–Crippen LogP) is 2.01. The van der Waals surface area contributed by atoms with Crippen molar-refractivity contribution in [3.05, 3.63) is 23.9 Å². The molecule has 0 aliphatic heterocycles. The number of rotatable bonds is 6. The highest BCUT2D eigenvalue weighted by Crippen LogP contribution is 2.15. The van der Waals surface area contributed by atoms with Gasteiger partial charge >= 0.3 is 6.09 Å². The second kappa shape index (κ2) is 8.36. The standard InChI is InChI=1S/C16H25N3O4/c1-11(2)22-14-12(7-6-8-17-14)9-18-13(20)10-19-15(21)23-16(3,4)5/h6-8,11H,9-10H2,1-5H3,(H,18,20)(H,19,21). The Morgan fingerprint density at radius 1 is 1.26 bits per heavy atom. The number of carbonyl (C=O) groups excluding carboxylic acids is 2. The number of alkyl carbamates (subject to hydrolysis) is 1. The maximum atomic E-state index is 11.8. The molecule has 0 aromatic carbocycles. The van der Waals surface area contributed by atoms with Crippen LogP contribution < -0.4 is 15.4 Å². The molecule has 0 atom stereocenters. The van der Waals surface area contributed by atoms with Gasteiger partial charge in [0.25, 0.3) is 0 Å². The Bertz CT molecular complexity index is 538. The first-order valence-electron chi connectivity index (χ1n) is 7.51. The van der Waals surface area contributed by atoms with E-state index in [0.29, 0.717) is 5.88 Å². The fraction of sp³-hybridized carbons (Fsp3) is 0.562. The van der Waals surface area contributed by atoms with E-state index in [1.54, 1.807) is 33.0 Å². The van der Waals surface area contributed by atoms with Crippen molar-refractivity contribution >= 4 is 12.0 Å². The monoisotopic (exact) mass is 323 g/mol. The molecule has 0 aliphatic carbocycles. The number of nitrogens with zero attached hydrogens (tertiary/aromatic N) is 1. The van der Waals surface area contributed by atoms with Crippen molar-refractivity contribution in [2.45, 2.75) is 52.9 Å². The van der Waals surface area contributed by atoms with Crippen LogP contribution in [0.3, 0.4) is 0 Å². The van der Waals surface area contributed by atoms with Crippen molar-refractivity contribution in [1.29, 1.82) is 0 Å². The van der Waals surface area contributed by atoms with Crippen LogP contribution >= 0.6 is 0 Å². The summed E-state index contributed by atoms with van der Waals surface area (Å²) in [5.74, 6) is 0.165. The van der Waals surface area contributed by atoms with Gasteiger partial charge in [-0.05, 0) is 40.7 Å². The maximum Gasteiger partial charge on any atom is 0.408 e. The van der Waals surface area contributed by atoms with E-state index in [0.717, 1.165) is 5.56 Å². The van der Waals surface area contributed by atoms with Crippen LogP contribution in [0.15, 0.2) is 18.3 Å². The summed E-state index contributed by atoms with van der Waals surface area (Å²) in [6.45, 7) is 9.19. The molecule has 0 saturated heterocycles. The molecule has 0 fully saturated rings. The molecule has 2 amide bonds. The Morgan fingerprint density at radius 2 is 1.96 bits per heavy atom. The van der Waals surface area contributed by atoms with E-state index in [1.807, 2.05) is 19.9 Å². The quantitative estimate of drug-likeness (QED) is 0.836. The maximum absolute atomic E-state index is 11.8. The van der Waals surface area contributed by atoms with Gasteiger partial charge in [-0.3, -0.25) is 4.79 Å². The largest absolute Gasteiger partial charge is 0.475 e. The Hall–Kier alpha value is -2.31. The Balaban J connectivity index is 2.43. The van der Waals surface area contributed by atoms with Crippen LogP contribution in [-0.2, 0) is 16.1 Å². The topological polar surface area (TPSA) is 89.5 Å². The summed E-state index contributed by atoms with van der Waals surface area (Å²) in [5, 5.41) is 5.10. The number of aromatic nitrogens is 1. The lowest BCUT2D eigenvalue weighted by molar-refractivity contribution is -0.120. The third kappa shape index (κ3) is 8.04. The van der Waals surface area contributed by atoms with E-state index in [1.165, 1.54) is 0 Å². The van der Waals surface area contributed by atoms with Gasteiger partial charge in [-0.1, -0.05) is 6.07 Å². The van der Waals surface area contributed by atoms with Crippen LogP contribution in [0.1, 0.15) is 40.2 Å². The van der Waals surface area contributed by atoms with Crippen molar-refractivity contribution < 1.29 is 19.1 Å². The fourth-order valence-electron chi connectivity index (χ4n) is 1.61. The minimum atomic E-state index is -0.627. The normalized spacial score (nSPS) is 11.0. The zero-order valence-electron chi connectivity index (χ0n) is 14.3. The summed E-state index contributed by atoms with van der Waals surface area (Å²) < 4.78 is 10.6. The highest BCUT2D eigenvalue weighted by Gasteiger charge is 2.16. The van der Waals surface area contributed by atoms with Crippen molar-refractivity contribution in [3.8, 4) is 5.88 Å². The van der Waals surface area contributed by atoms with Crippen LogP contribution in [0.2, 0.25) is 0 Å². The van der Waals surface area contributed by atoms with Crippen LogP contribution in [0.5, 0.6) is 5.88 Å². The van der Waals surface area contributed by atoms with Gasteiger partial charge in [0.15, 0.2) is 0 Å². The zero-order valence-corrected chi connectivity index (χ0v) is 14.3. The number of nitrogens with one attached hydrogen (secondary N) is 2. The Kier molecular flexibility index (Phi) is 6.81. The number of hydrogen-bond donors (Lipinski definition) is 2. The summed E-state index contributed by atoms with van der Waals surface area (Å²) in [6.07, 6.45) is 0.999. The lowest BCUT2D eigenvalue weighted by Gasteiger charge is -2.19. The third-order valence-corrected chi connectivity index (χ3v) is 2.47. The molecule has 23 heavy (non-hydrogen) atoms. The minimum absolute atomic E-state index is 0.00631. The van der Waals surface area contributed by atoms with Crippen LogP contribution in [0.25, 0.3) is 0 Å². The molecular formula is C16H25N3O4. The van der Waals surface area contributed by atoms with Gasteiger partial charge < -0.3 is 20.1 Å². The minimum Gasteiger partial charge on any atom is -0.475 e. The highest BCUT2D eigenvalue weighted by atomic mass is 16.6. The SMILES string of the molecule is CC(C)Oc1ncccc1CNC(=O)CNC(=O)OC(C)(C)C. The molecule has 1 heterocycles. The molecule has 7 heteroatoms. The van der Waals surface area contributed by atoms with Gasteiger partial charge in [-0.2, -0.15) is 0 Å². The van der Waals surface area contributed by atoms with Crippen molar-refractivity contribution in [1.82, 2.24) is 15.6 Å². The number of amides is 2. The fourth-order valence-corrected chi connectivity index (χ4v) is 1.61. The number of carbonyl (C=O) groups is 2. The van der Waals surface area contributed by atoms with Crippen molar-refractivity contribution in [3.63, 3.8) is 0 Å². The first-order chi connectivity index (χ1) is 10.7. The van der Waals surface area contributed by atoms with E-state index in [4.69, 9.17) is 9.47 Å². The highest BCUT2D eigenvalue weighted by molar-refractivity contribution is 5.82. The molecule has 7 nitrogen and oxygen atoms in total. The van der Waals surface area contributed by atoms with Gasteiger partial charge in [0.1, 0.15) is 12.1 Å². The zero-order chi connectivity index (χ0) is 17.5. The van der Waals surface area contributed by atoms with Gasteiger partial charge in [0.05, 0.1) is 6.10 Å². The summed E-state index contributed by atoms with van der Waals surface area (Å²) in [6, 6.07) is 3.60. The van der Waals surface area contributed by atoms with Crippen LogP contribution in [-0.4, -0.2) is 35.2 Å². The Labute approximate surface area is 136 Å². The molecule has 0 radical (unpaired) electrons. The first kappa shape index (κ1) is 18.7. The van der Waals surface area contributed by atoms with Gasteiger partial charge in [0, 0.05) is 18.3 Å². The molecule has 128 valence electrons. The molecule has 0 aliphatic rings. The third-order valence-electron chi connectivity index (χ3n) is 2.47. The summed E-state index contributed by atoms with van der Waals surface area (Å²) >= 11 is 0. The van der Waals surface area contributed by atoms with E-state index >= 15 is 0 Å². The van der Waals surface area contributed by atoms with Crippen LogP contribution in [0.4, 0.5) is 4.79 Å². The van der Waals surface area contributed by atoms with Crippen LogP contribution in [0, 0.1) is 0 Å². The number of ether oxygens (including phenoxy) is 2. The lowest BCUT2D eigenvalue weighted by atomic mass is 10.2. The summed E-state index contributed by atoms with van der Waals surface area (Å²) in [7, 11) is 0. The second-order valence-corrected chi connectivity index (χ2v) is 6.27. The van der Waals surface area contributed by atoms with E-state index in [2.05, 4.69) is 15.6 Å². The molecule has 0 unspecified atom stereocenters. The first-order valence-corrected chi connectivity index (χ1v) is 7.51. The molecule has 0 bridgehead atoms. The molecule has 1 aromatic heterocycles. The molecular weight excluding hydrogens is 298 g/mol. The predicted molar refractivity (Wildman–Crippen MR) is 86.1 cm³/mol. The molecule has 0 spiro atoms. The molecule has 0 saturated carbocycles. The van der Waals surface area contributed by atoms with E-state index < -0.39 is 11.7 Å². The summed E-state index contributed by atoms with van der Waals surface area (Å²) in [5.41, 5.74) is 0.172. The average molecular weight is 323 g/mol. The number of pyridine rings is 1. The lowest BCUT2D eigenvalue weighted by Crippen LogP contribution is -2.39. The second-order valence-electron chi connectivity index (χ2n) is 6.27. The average Bonchev–Trinajstić information content (AvgIpc) is 2.41. The Morgan fingerprint density at radius 3 is 2.57 bits per heavy atom. The van der Waals surface area contributed by atoms with Crippen molar-refractivity contribution in [2.24, 2.45) is 0 Å². The summed E-state index contributed by atoms with van der Waals surface area (Å²) in [4.78, 5) is 27.4.